The van der Waals surface area contributed by atoms with Gasteiger partial charge in [0.25, 0.3) is 0 Å². The molecule has 19 heavy (non-hydrogen) atoms. The Kier molecular flexibility index (Phi) is 4.87. The van der Waals surface area contributed by atoms with E-state index in [-0.39, 0.29) is 0 Å². The minimum atomic E-state index is 0.893. The van der Waals surface area contributed by atoms with Crippen molar-refractivity contribution in [3.05, 3.63) is 28.8 Å². The zero-order valence-corrected chi connectivity index (χ0v) is 12.4. The second kappa shape index (κ2) is 6.63. The maximum Gasteiger partial charge on any atom is 0.147 e. The molecule has 102 valence electrons. The molecule has 0 radical (unpaired) electrons. The maximum absolute atomic E-state index is 5.34. The molecule has 0 bridgehead atoms. The largest absolute Gasteiger partial charge is 0.496 e. The molecule has 0 amide bonds. The molecule has 0 spiro atoms. The third kappa shape index (κ3) is 3.52. The molecule has 1 aromatic heterocycles. The zero-order valence-electron chi connectivity index (χ0n) is 11.6. The first-order valence-electron chi connectivity index (χ1n) is 6.36. The van der Waals surface area contributed by atoms with Crippen molar-refractivity contribution in [2.75, 3.05) is 20.7 Å². The number of aryl methyl sites for hydroxylation is 2. The minimum absolute atomic E-state index is 0.893. The van der Waals surface area contributed by atoms with Crippen molar-refractivity contribution >= 4 is 11.3 Å². The van der Waals surface area contributed by atoms with Gasteiger partial charge in [0, 0.05) is 12.0 Å². The van der Waals surface area contributed by atoms with Gasteiger partial charge >= 0.3 is 0 Å². The van der Waals surface area contributed by atoms with Gasteiger partial charge in [-0.05, 0) is 38.6 Å². The van der Waals surface area contributed by atoms with Crippen LogP contribution in [0.2, 0.25) is 0 Å². The van der Waals surface area contributed by atoms with Crippen molar-refractivity contribution in [3.8, 4) is 16.3 Å². The van der Waals surface area contributed by atoms with Crippen molar-refractivity contribution < 1.29 is 4.74 Å². The Balaban J connectivity index is 2.13. The number of rotatable bonds is 6. The highest BCUT2D eigenvalue weighted by atomic mass is 32.1. The van der Waals surface area contributed by atoms with E-state index in [1.807, 2.05) is 20.0 Å². The van der Waals surface area contributed by atoms with Crippen LogP contribution < -0.4 is 10.1 Å². The highest BCUT2D eigenvalue weighted by Crippen LogP contribution is 2.29. The average Bonchev–Trinajstić information content (AvgIpc) is 2.88. The molecule has 5 heteroatoms. The van der Waals surface area contributed by atoms with Crippen LogP contribution in [-0.4, -0.2) is 30.9 Å². The number of nitrogens with zero attached hydrogens (tertiary/aromatic N) is 2. The summed E-state index contributed by atoms with van der Waals surface area (Å²) in [4.78, 5) is 0. The van der Waals surface area contributed by atoms with E-state index in [0.717, 1.165) is 46.3 Å². The van der Waals surface area contributed by atoms with Gasteiger partial charge in [-0.2, -0.15) is 0 Å². The number of benzene rings is 1. The molecule has 0 fully saturated rings. The van der Waals surface area contributed by atoms with Crippen LogP contribution in [0.5, 0.6) is 5.75 Å². The third-order valence-corrected chi connectivity index (χ3v) is 3.97. The van der Waals surface area contributed by atoms with E-state index in [2.05, 4.69) is 27.6 Å². The third-order valence-electron chi connectivity index (χ3n) is 2.94. The summed E-state index contributed by atoms with van der Waals surface area (Å²) in [5, 5.41) is 13.7. The first-order chi connectivity index (χ1) is 9.24. The second-order valence-electron chi connectivity index (χ2n) is 4.39. The molecule has 4 nitrogen and oxygen atoms in total. The van der Waals surface area contributed by atoms with Gasteiger partial charge < -0.3 is 10.1 Å². The number of nitrogens with one attached hydrogen (secondary N) is 1. The van der Waals surface area contributed by atoms with Gasteiger partial charge in [-0.3, -0.25) is 0 Å². The van der Waals surface area contributed by atoms with Crippen LogP contribution >= 0.6 is 11.3 Å². The van der Waals surface area contributed by atoms with E-state index < -0.39 is 0 Å². The predicted octanol–water partition coefficient (Wildman–Crippen LogP) is 2.67. The number of methoxy groups -OCH3 is 1. The SMILES string of the molecule is CNCCCc1nnc(-c2ccc(C)c(OC)c2)s1. The Bertz CT molecular complexity index is 539. The molecule has 0 saturated carbocycles. The fraction of sp³-hybridized carbons (Fsp3) is 0.429. The van der Waals surface area contributed by atoms with E-state index in [4.69, 9.17) is 4.74 Å². The number of aromatic nitrogens is 2. The van der Waals surface area contributed by atoms with Crippen LogP contribution in [0.1, 0.15) is 17.0 Å². The van der Waals surface area contributed by atoms with E-state index in [9.17, 15) is 0 Å². The van der Waals surface area contributed by atoms with Crippen LogP contribution in [0.4, 0.5) is 0 Å². The van der Waals surface area contributed by atoms with Gasteiger partial charge in [-0.25, -0.2) is 0 Å². The van der Waals surface area contributed by atoms with Gasteiger partial charge in [0.2, 0.25) is 0 Å². The Morgan fingerprint density at radius 3 is 2.89 bits per heavy atom. The second-order valence-corrected chi connectivity index (χ2v) is 5.45. The lowest BCUT2D eigenvalue weighted by Crippen LogP contribution is -2.08. The zero-order chi connectivity index (χ0) is 13.7. The van der Waals surface area contributed by atoms with Crippen molar-refractivity contribution in [3.63, 3.8) is 0 Å². The van der Waals surface area contributed by atoms with E-state index in [0.29, 0.717) is 0 Å². The number of ether oxygens (including phenoxy) is 1. The first kappa shape index (κ1) is 14.0. The topological polar surface area (TPSA) is 47.0 Å². The van der Waals surface area contributed by atoms with Gasteiger partial charge in [0.1, 0.15) is 15.8 Å². The van der Waals surface area contributed by atoms with E-state index >= 15 is 0 Å². The van der Waals surface area contributed by atoms with Crippen LogP contribution in [0.15, 0.2) is 18.2 Å². The van der Waals surface area contributed by atoms with Crippen LogP contribution in [-0.2, 0) is 6.42 Å². The normalized spacial score (nSPS) is 10.7. The fourth-order valence-corrected chi connectivity index (χ4v) is 2.72. The van der Waals surface area contributed by atoms with Crippen LogP contribution in [0.25, 0.3) is 10.6 Å². The molecule has 0 aliphatic carbocycles. The van der Waals surface area contributed by atoms with Crippen LogP contribution in [0, 0.1) is 6.92 Å². The van der Waals surface area contributed by atoms with Crippen molar-refractivity contribution in [2.24, 2.45) is 0 Å². The molecule has 2 aromatic rings. The van der Waals surface area contributed by atoms with Gasteiger partial charge in [0.15, 0.2) is 0 Å². The molecule has 1 aromatic carbocycles. The molecule has 1 heterocycles. The molecule has 0 aliphatic heterocycles. The average molecular weight is 277 g/mol. The Morgan fingerprint density at radius 1 is 1.32 bits per heavy atom. The summed E-state index contributed by atoms with van der Waals surface area (Å²) in [6, 6.07) is 6.14. The molecular weight excluding hydrogens is 258 g/mol. The van der Waals surface area contributed by atoms with Crippen molar-refractivity contribution in [2.45, 2.75) is 19.8 Å². The van der Waals surface area contributed by atoms with E-state index in [1.165, 1.54) is 0 Å². The summed E-state index contributed by atoms with van der Waals surface area (Å²) >= 11 is 1.66. The Morgan fingerprint density at radius 2 is 2.16 bits per heavy atom. The highest BCUT2D eigenvalue weighted by Gasteiger charge is 2.08. The summed E-state index contributed by atoms with van der Waals surface area (Å²) in [7, 11) is 3.65. The predicted molar refractivity (Wildman–Crippen MR) is 78.9 cm³/mol. The summed E-state index contributed by atoms with van der Waals surface area (Å²) in [6.07, 6.45) is 2.06. The van der Waals surface area contributed by atoms with Gasteiger partial charge in [0.05, 0.1) is 7.11 Å². The molecule has 1 N–H and O–H groups in total. The fourth-order valence-electron chi connectivity index (χ4n) is 1.84. The lowest BCUT2D eigenvalue weighted by molar-refractivity contribution is 0.412. The first-order valence-corrected chi connectivity index (χ1v) is 7.18. The summed E-state index contributed by atoms with van der Waals surface area (Å²) in [5.41, 5.74) is 2.20. The summed E-state index contributed by atoms with van der Waals surface area (Å²) < 4.78 is 5.34. The Labute approximate surface area is 117 Å². The van der Waals surface area contributed by atoms with Crippen molar-refractivity contribution in [1.82, 2.24) is 15.5 Å². The smallest absolute Gasteiger partial charge is 0.147 e. The van der Waals surface area contributed by atoms with E-state index in [1.54, 1.807) is 18.4 Å². The quantitative estimate of drug-likeness (QED) is 0.825. The highest BCUT2D eigenvalue weighted by molar-refractivity contribution is 7.14. The monoisotopic (exact) mass is 277 g/mol. The van der Waals surface area contributed by atoms with Gasteiger partial charge in [-0.15, -0.1) is 10.2 Å². The van der Waals surface area contributed by atoms with Crippen molar-refractivity contribution in [1.29, 1.82) is 0 Å². The molecule has 2 rings (SSSR count). The Hall–Kier alpha value is -1.46. The molecule has 0 unspecified atom stereocenters. The molecule has 0 aliphatic rings. The summed E-state index contributed by atoms with van der Waals surface area (Å²) in [6.45, 7) is 3.04. The molecule has 0 saturated heterocycles. The summed E-state index contributed by atoms with van der Waals surface area (Å²) in [5.74, 6) is 0.893. The lowest BCUT2D eigenvalue weighted by atomic mass is 10.1. The molecular formula is C14H19N3OS. The lowest BCUT2D eigenvalue weighted by Gasteiger charge is -2.05. The molecule has 0 atom stereocenters. The minimum Gasteiger partial charge on any atom is -0.496 e. The number of hydrogen-bond donors (Lipinski definition) is 1. The van der Waals surface area contributed by atoms with Gasteiger partial charge in [-0.1, -0.05) is 23.5 Å². The number of hydrogen-bond acceptors (Lipinski definition) is 5. The van der Waals surface area contributed by atoms with Crippen LogP contribution in [0.3, 0.4) is 0 Å². The standard InChI is InChI=1S/C14H19N3OS/c1-10-6-7-11(9-12(10)18-3)14-17-16-13(19-14)5-4-8-15-2/h6-7,9,15H,4-5,8H2,1-3H3. The maximum atomic E-state index is 5.34.